The molecular weight excluding hydrogens is 246 g/mol. The number of nitrogens with zero attached hydrogens (tertiary/aromatic N) is 2. The number of anilines is 1. The number of para-hydroxylation sites is 1. The van der Waals surface area contributed by atoms with Crippen molar-refractivity contribution in [1.29, 1.82) is 0 Å². The number of nitro groups is 1. The third kappa shape index (κ3) is 4.84. The molecular formula is C13H21N3O3. The second-order valence-electron chi connectivity index (χ2n) is 4.63. The van der Waals surface area contributed by atoms with Gasteiger partial charge in [-0.1, -0.05) is 12.1 Å². The fourth-order valence-corrected chi connectivity index (χ4v) is 1.94. The molecule has 0 fully saturated rings. The van der Waals surface area contributed by atoms with E-state index in [4.69, 9.17) is 10.8 Å². The van der Waals surface area contributed by atoms with E-state index < -0.39 is 4.92 Å². The number of aliphatic hydroxyl groups is 1. The first kappa shape index (κ1) is 15.4. The Kier molecular flexibility index (Phi) is 6.24. The SMILES string of the molecule is CN(CCCCCO)Cc1cccc([N+](=O)[O-])c1N. The summed E-state index contributed by atoms with van der Waals surface area (Å²) in [5, 5.41) is 19.5. The van der Waals surface area contributed by atoms with Gasteiger partial charge in [0.05, 0.1) is 4.92 Å². The van der Waals surface area contributed by atoms with Crippen LogP contribution in [0.25, 0.3) is 0 Å². The molecule has 0 amide bonds. The lowest BCUT2D eigenvalue weighted by molar-refractivity contribution is -0.384. The second kappa shape index (κ2) is 7.70. The number of nitrogens with two attached hydrogens (primary N) is 1. The number of unbranched alkanes of at least 4 members (excludes halogenated alkanes) is 2. The van der Waals surface area contributed by atoms with Gasteiger partial charge in [0, 0.05) is 19.2 Å². The largest absolute Gasteiger partial charge is 0.396 e. The predicted molar refractivity (Wildman–Crippen MR) is 74.8 cm³/mol. The molecule has 0 radical (unpaired) electrons. The molecule has 19 heavy (non-hydrogen) atoms. The molecule has 0 saturated heterocycles. The second-order valence-corrected chi connectivity index (χ2v) is 4.63. The van der Waals surface area contributed by atoms with Gasteiger partial charge in [0.2, 0.25) is 0 Å². The van der Waals surface area contributed by atoms with Crippen LogP contribution < -0.4 is 5.73 Å². The van der Waals surface area contributed by atoms with Gasteiger partial charge >= 0.3 is 0 Å². The predicted octanol–water partition coefficient (Wildman–Crippen LogP) is 1.77. The van der Waals surface area contributed by atoms with Gasteiger partial charge in [-0.25, -0.2) is 0 Å². The van der Waals surface area contributed by atoms with Crippen molar-refractivity contribution in [3.8, 4) is 0 Å². The van der Waals surface area contributed by atoms with Crippen LogP contribution in [0, 0.1) is 10.1 Å². The maximum atomic E-state index is 10.8. The van der Waals surface area contributed by atoms with Gasteiger partial charge < -0.3 is 15.7 Å². The van der Waals surface area contributed by atoms with Crippen LogP contribution in [0.4, 0.5) is 11.4 Å². The van der Waals surface area contributed by atoms with E-state index in [1.165, 1.54) is 6.07 Å². The van der Waals surface area contributed by atoms with Crippen LogP contribution in [0.15, 0.2) is 18.2 Å². The van der Waals surface area contributed by atoms with Crippen molar-refractivity contribution in [2.75, 3.05) is 25.9 Å². The molecule has 0 saturated carbocycles. The average Bonchev–Trinajstić information content (AvgIpc) is 2.37. The van der Waals surface area contributed by atoms with Crippen LogP contribution in [-0.4, -0.2) is 35.1 Å². The maximum Gasteiger partial charge on any atom is 0.292 e. The molecule has 3 N–H and O–H groups in total. The maximum absolute atomic E-state index is 10.8. The number of benzene rings is 1. The molecule has 0 heterocycles. The van der Waals surface area contributed by atoms with Crippen molar-refractivity contribution in [1.82, 2.24) is 4.90 Å². The van der Waals surface area contributed by atoms with E-state index in [1.807, 2.05) is 13.1 Å². The van der Waals surface area contributed by atoms with Crippen LogP contribution in [0.1, 0.15) is 24.8 Å². The van der Waals surface area contributed by atoms with E-state index in [9.17, 15) is 10.1 Å². The van der Waals surface area contributed by atoms with Crippen molar-refractivity contribution >= 4 is 11.4 Å². The van der Waals surface area contributed by atoms with Crippen LogP contribution in [-0.2, 0) is 6.54 Å². The lowest BCUT2D eigenvalue weighted by Gasteiger charge is -2.17. The molecule has 0 unspecified atom stereocenters. The Morgan fingerprint density at radius 2 is 2.11 bits per heavy atom. The van der Waals surface area contributed by atoms with Gasteiger partial charge in [-0.15, -0.1) is 0 Å². The van der Waals surface area contributed by atoms with Crippen LogP contribution in [0.5, 0.6) is 0 Å². The Bertz CT molecular complexity index is 424. The fraction of sp³-hybridized carbons (Fsp3) is 0.538. The van der Waals surface area contributed by atoms with E-state index in [0.29, 0.717) is 6.54 Å². The van der Waals surface area contributed by atoms with E-state index in [0.717, 1.165) is 31.4 Å². The molecule has 0 aromatic heterocycles. The summed E-state index contributed by atoms with van der Waals surface area (Å²) < 4.78 is 0. The van der Waals surface area contributed by atoms with Crippen LogP contribution in [0.3, 0.4) is 0 Å². The molecule has 0 atom stereocenters. The lowest BCUT2D eigenvalue weighted by Crippen LogP contribution is -2.20. The van der Waals surface area contributed by atoms with E-state index in [1.54, 1.807) is 6.07 Å². The van der Waals surface area contributed by atoms with Gasteiger partial charge in [-0.05, 0) is 38.4 Å². The number of nitro benzene ring substituents is 1. The molecule has 0 bridgehead atoms. The van der Waals surface area contributed by atoms with Crippen LogP contribution in [0.2, 0.25) is 0 Å². The summed E-state index contributed by atoms with van der Waals surface area (Å²) in [7, 11) is 1.96. The normalized spacial score (nSPS) is 10.9. The molecule has 1 aromatic carbocycles. The number of hydrogen-bond donors (Lipinski definition) is 2. The first-order valence-corrected chi connectivity index (χ1v) is 6.37. The Labute approximate surface area is 113 Å². The first-order chi connectivity index (χ1) is 9.06. The van der Waals surface area contributed by atoms with E-state index >= 15 is 0 Å². The standard InChI is InChI=1S/C13H21N3O3/c1-15(8-3-2-4-9-17)10-11-6-5-7-12(13(11)14)16(18)19/h5-7,17H,2-4,8-10,14H2,1H3. The van der Waals surface area contributed by atoms with E-state index in [2.05, 4.69) is 4.90 Å². The zero-order valence-electron chi connectivity index (χ0n) is 11.2. The molecule has 1 aromatic rings. The highest BCUT2D eigenvalue weighted by atomic mass is 16.6. The van der Waals surface area contributed by atoms with Crippen molar-refractivity contribution in [3.63, 3.8) is 0 Å². The van der Waals surface area contributed by atoms with Crippen molar-refractivity contribution in [2.45, 2.75) is 25.8 Å². The van der Waals surface area contributed by atoms with Crippen LogP contribution >= 0.6 is 0 Å². The zero-order valence-corrected chi connectivity index (χ0v) is 11.2. The summed E-state index contributed by atoms with van der Waals surface area (Å²) >= 11 is 0. The molecule has 1 rings (SSSR count). The summed E-state index contributed by atoms with van der Waals surface area (Å²) in [5.41, 5.74) is 6.79. The van der Waals surface area contributed by atoms with Gasteiger partial charge in [0.1, 0.15) is 5.69 Å². The number of rotatable bonds is 8. The summed E-state index contributed by atoms with van der Waals surface area (Å²) in [5.74, 6) is 0. The fourth-order valence-electron chi connectivity index (χ4n) is 1.94. The highest BCUT2D eigenvalue weighted by Gasteiger charge is 2.14. The number of hydrogen-bond acceptors (Lipinski definition) is 5. The molecule has 0 spiro atoms. The molecule has 6 nitrogen and oxygen atoms in total. The minimum absolute atomic E-state index is 0.0359. The van der Waals surface area contributed by atoms with Gasteiger partial charge in [0.15, 0.2) is 0 Å². The lowest BCUT2D eigenvalue weighted by atomic mass is 10.1. The number of nitrogen functional groups attached to an aromatic ring is 1. The highest BCUT2D eigenvalue weighted by Crippen LogP contribution is 2.25. The Morgan fingerprint density at radius 1 is 1.37 bits per heavy atom. The molecule has 106 valence electrons. The Hall–Kier alpha value is -1.66. The average molecular weight is 267 g/mol. The van der Waals surface area contributed by atoms with Gasteiger partial charge in [-0.2, -0.15) is 0 Å². The third-order valence-corrected chi connectivity index (χ3v) is 3.01. The molecule has 6 heteroatoms. The molecule has 0 aliphatic heterocycles. The van der Waals surface area contributed by atoms with Crippen molar-refractivity contribution < 1.29 is 10.0 Å². The minimum atomic E-state index is -0.458. The summed E-state index contributed by atoms with van der Waals surface area (Å²) in [4.78, 5) is 12.4. The summed E-state index contributed by atoms with van der Waals surface area (Å²) in [6, 6.07) is 4.88. The monoisotopic (exact) mass is 267 g/mol. The number of aliphatic hydroxyl groups excluding tert-OH is 1. The minimum Gasteiger partial charge on any atom is -0.396 e. The Balaban J connectivity index is 2.57. The quantitative estimate of drug-likeness (QED) is 0.324. The first-order valence-electron chi connectivity index (χ1n) is 6.37. The topological polar surface area (TPSA) is 92.6 Å². The van der Waals surface area contributed by atoms with Gasteiger partial charge in [0.25, 0.3) is 5.69 Å². The Morgan fingerprint density at radius 3 is 2.74 bits per heavy atom. The highest BCUT2D eigenvalue weighted by molar-refractivity contribution is 5.62. The smallest absolute Gasteiger partial charge is 0.292 e. The van der Waals surface area contributed by atoms with Crippen molar-refractivity contribution in [2.24, 2.45) is 0 Å². The van der Waals surface area contributed by atoms with Crippen molar-refractivity contribution in [3.05, 3.63) is 33.9 Å². The molecule has 0 aliphatic rings. The van der Waals surface area contributed by atoms with Gasteiger partial charge in [-0.3, -0.25) is 10.1 Å². The molecule has 0 aliphatic carbocycles. The van der Waals surface area contributed by atoms with E-state index in [-0.39, 0.29) is 18.0 Å². The summed E-state index contributed by atoms with van der Waals surface area (Å²) in [6.45, 7) is 1.69. The summed E-state index contributed by atoms with van der Waals surface area (Å²) in [6.07, 6.45) is 2.78. The zero-order chi connectivity index (χ0) is 14.3. The third-order valence-electron chi connectivity index (χ3n) is 3.01.